The van der Waals surface area contributed by atoms with Gasteiger partial charge < -0.3 is 9.88 Å². The number of alkyl halides is 3. The van der Waals surface area contributed by atoms with Crippen molar-refractivity contribution in [2.24, 2.45) is 0 Å². The zero-order chi connectivity index (χ0) is 15.5. The minimum absolute atomic E-state index is 0.400. The van der Waals surface area contributed by atoms with Gasteiger partial charge in [-0.05, 0) is 29.3 Å². The lowest BCUT2D eigenvalue weighted by Crippen LogP contribution is -2.21. The van der Waals surface area contributed by atoms with Crippen molar-refractivity contribution in [3.05, 3.63) is 59.4 Å². The van der Waals surface area contributed by atoms with Crippen LogP contribution >= 0.6 is 0 Å². The normalized spacial score (nSPS) is 12.1. The fourth-order valence-electron chi connectivity index (χ4n) is 2.07. The van der Waals surface area contributed by atoms with E-state index in [4.69, 9.17) is 0 Å². The summed E-state index contributed by atoms with van der Waals surface area (Å²) < 4.78 is 39.9. The number of rotatable bonds is 5. The van der Waals surface area contributed by atoms with Crippen LogP contribution in [-0.4, -0.2) is 10.6 Å². The van der Waals surface area contributed by atoms with E-state index in [0.29, 0.717) is 18.2 Å². The molecule has 0 radical (unpaired) electrons. The van der Waals surface area contributed by atoms with E-state index < -0.39 is 11.7 Å². The molecule has 21 heavy (non-hydrogen) atoms. The Bertz CT molecular complexity index is 585. The maximum absolute atomic E-state index is 12.7. The molecule has 0 atom stereocenters. The van der Waals surface area contributed by atoms with Gasteiger partial charge in [-0.2, -0.15) is 13.2 Å². The van der Waals surface area contributed by atoms with Gasteiger partial charge in [0.25, 0.3) is 0 Å². The average Bonchev–Trinajstić information content (AvgIpc) is 2.83. The Kier molecular flexibility index (Phi) is 4.73. The molecular weight excluding hydrogens is 277 g/mol. The summed E-state index contributed by atoms with van der Waals surface area (Å²) in [6.45, 7) is 5.33. The first-order valence-corrected chi connectivity index (χ1v) is 6.89. The van der Waals surface area contributed by atoms with Crippen molar-refractivity contribution in [1.29, 1.82) is 0 Å². The van der Waals surface area contributed by atoms with Crippen LogP contribution in [0.15, 0.2) is 42.7 Å². The van der Waals surface area contributed by atoms with Crippen LogP contribution in [0.2, 0.25) is 0 Å². The minimum Gasteiger partial charge on any atom is -0.350 e. The molecule has 0 saturated heterocycles. The molecule has 5 heteroatoms. The van der Waals surface area contributed by atoms with Gasteiger partial charge in [0, 0.05) is 31.5 Å². The van der Waals surface area contributed by atoms with Crippen molar-refractivity contribution in [3.8, 4) is 0 Å². The Morgan fingerprint density at radius 3 is 2.57 bits per heavy atom. The van der Waals surface area contributed by atoms with Crippen molar-refractivity contribution >= 4 is 0 Å². The van der Waals surface area contributed by atoms with Gasteiger partial charge in [0.15, 0.2) is 0 Å². The molecule has 0 bridgehead atoms. The van der Waals surface area contributed by atoms with Crippen molar-refractivity contribution in [2.75, 3.05) is 0 Å². The van der Waals surface area contributed by atoms with Crippen LogP contribution in [0.5, 0.6) is 0 Å². The summed E-state index contributed by atoms with van der Waals surface area (Å²) in [6, 6.07) is 7.83. The first-order chi connectivity index (χ1) is 9.84. The predicted molar refractivity (Wildman–Crippen MR) is 77.0 cm³/mol. The van der Waals surface area contributed by atoms with Crippen LogP contribution in [0.3, 0.4) is 0 Å². The lowest BCUT2D eigenvalue weighted by atomic mass is 10.1. The molecule has 0 fully saturated rings. The van der Waals surface area contributed by atoms with Gasteiger partial charge in [0.05, 0.1) is 5.56 Å². The molecular formula is C16H19F3N2. The topological polar surface area (TPSA) is 17.0 Å². The fraction of sp³-hybridized carbons (Fsp3) is 0.375. The van der Waals surface area contributed by atoms with Crippen molar-refractivity contribution < 1.29 is 13.2 Å². The van der Waals surface area contributed by atoms with Gasteiger partial charge in [-0.15, -0.1) is 0 Å². The van der Waals surface area contributed by atoms with Gasteiger partial charge in [0.1, 0.15) is 0 Å². The minimum atomic E-state index is -4.29. The zero-order valence-electron chi connectivity index (χ0n) is 12.1. The second-order valence-corrected chi connectivity index (χ2v) is 5.43. The molecule has 0 saturated carbocycles. The molecule has 1 heterocycles. The van der Waals surface area contributed by atoms with Gasteiger partial charge in [0.2, 0.25) is 0 Å². The van der Waals surface area contributed by atoms with E-state index in [2.05, 4.69) is 19.2 Å². The van der Waals surface area contributed by atoms with E-state index in [1.165, 1.54) is 12.1 Å². The third-order valence-corrected chi connectivity index (χ3v) is 3.15. The fourth-order valence-corrected chi connectivity index (χ4v) is 2.07. The van der Waals surface area contributed by atoms with Gasteiger partial charge >= 0.3 is 6.18 Å². The summed E-state index contributed by atoms with van der Waals surface area (Å²) in [4.78, 5) is 0. The average molecular weight is 296 g/mol. The van der Waals surface area contributed by atoms with E-state index in [-0.39, 0.29) is 0 Å². The first-order valence-electron chi connectivity index (χ1n) is 6.89. The maximum Gasteiger partial charge on any atom is 0.416 e. The predicted octanol–water partition coefficient (Wildman–Crippen LogP) is 4.05. The second-order valence-electron chi connectivity index (χ2n) is 5.43. The number of aromatic nitrogens is 1. The second kappa shape index (κ2) is 6.35. The number of hydrogen-bond donors (Lipinski definition) is 1. The monoisotopic (exact) mass is 296 g/mol. The van der Waals surface area contributed by atoms with Crippen LogP contribution in [0.4, 0.5) is 13.2 Å². The molecule has 1 N–H and O–H groups in total. The zero-order valence-corrected chi connectivity index (χ0v) is 12.1. The molecule has 0 aliphatic carbocycles. The largest absolute Gasteiger partial charge is 0.416 e. The Morgan fingerprint density at radius 1 is 1.14 bits per heavy atom. The molecule has 0 spiro atoms. The highest BCUT2D eigenvalue weighted by Crippen LogP contribution is 2.29. The highest BCUT2D eigenvalue weighted by atomic mass is 19.4. The molecule has 114 valence electrons. The third-order valence-electron chi connectivity index (χ3n) is 3.15. The van der Waals surface area contributed by atoms with Crippen molar-refractivity contribution in [1.82, 2.24) is 9.88 Å². The van der Waals surface area contributed by atoms with Gasteiger partial charge in [-0.1, -0.05) is 26.0 Å². The quantitative estimate of drug-likeness (QED) is 0.880. The molecule has 0 aliphatic rings. The standard InChI is InChI=1S/C16H19F3N2/c1-12(2)20-9-14-6-7-21(11-14)10-13-4-3-5-15(8-13)16(17,18)19/h3-8,11-12,20H,9-10H2,1-2H3. The van der Waals surface area contributed by atoms with Gasteiger partial charge in [-0.3, -0.25) is 0 Å². The van der Waals surface area contributed by atoms with E-state index in [9.17, 15) is 13.2 Å². The smallest absolute Gasteiger partial charge is 0.350 e. The molecule has 1 aromatic heterocycles. The number of benzene rings is 1. The number of nitrogens with one attached hydrogen (secondary N) is 1. The van der Waals surface area contributed by atoms with E-state index >= 15 is 0 Å². The molecule has 2 rings (SSSR count). The first kappa shape index (κ1) is 15.6. The lowest BCUT2D eigenvalue weighted by Gasteiger charge is -2.09. The molecule has 2 aromatic rings. The summed E-state index contributed by atoms with van der Waals surface area (Å²) in [6.07, 6.45) is -0.452. The van der Waals surface area contributed by atoms with Crippen molar-refractivity contribution in [2.45, 2.75) is 39.2 Å². The molecule has 0 unspecified atom stereocenters. The van der Waals surface area contributed by atoms with Crippen LogP contribution in [-0.2, 0) is 19.3 Å². The number of hydrogen-bond acceptors (Lipinski definition) is 1. The Labute approximate surface area is 122 Å². The van der Waals surface area contributed by atoms with Crippen molar-refractivity contribution in [3.63, 3.8) is 0 Å². The Morgan fingerprint density at radius 2 is 1.90 bits per heavy atom. The summed E-state index contributed by atoms with van der Waals surface area (Å²) in [5.74, 6) is 0. The van der Waals surface area contributed by atoms with Crippen LogP contribution in [0.1, 0.15) is 30.5 Å². The van der Waals surface area contributed by atoms with Gasteiger partial charge in [-0.25, -0.2) is 0 Å². The molecule has 1 aromatic carbocycles. The van der Waals surface area contributed by atoms with E-state index in [1.54, 1.807) is 6.07 Å². The summed E-state index contributed by atoms with van der Waals surface area (Å²) in [5, 5.41) is 3.31. The summed E-state index contributed by atoms with van der Waals surface area (Å²) in [7, 11) is 0. The SMILES string of the molecule is CC(C)NCc1ccn(Cc2cccc(C(F)(F)F)c2)c1. The van der Waals surface area contributed by atoms with Crippen LogP contribution in [0.25, 0.3) is 0 Å². The van der Waals surface area contributed by atoms with E-state index in [0.717, 1.165) is 18.2 Å². The summed E-state index contributed by atoms with van der Waals surface area (Å²) in [5.41, 5.74) is 1.16. The molecule has 0 amide bonds. The highest BCUT2D eigenvalue weighted by molar-refractivity contribution is 5.26. The van der Waals surface area contributed by atoms with E-state index in [1.807, 2.05) is 23.0 Å². The highest BCUT2D eigenvalue weighted by Gasteiger charge is 2.30. The molecule has 0 aliphatic heterocycles. The Balaban J connectivity index is 2.05. The summed E-state index contributed by atoms with van der Waals surface area (Å²) >= 11 is 0. The number of nitrogens with zero attached hydrogens (tertiary/aromatic N) is 1. The number of halogens is 3. The maximum atomic E-state index is 12.7. The van der Waals surface area contributed by atoms with Crippen LogP contribution in [0, 0.1) is 0 Å². The third kappa shape index (κ3) is 4.63. The molecule has 2 nitrogen and oxygen atoms in total. The van der Waals surface area contributed by atoms with Crippen LogP contribution < -0.4 is 5.32 Å². The Hall–Kier alpha value is -1.75. The lowest BCUT2D eigenvalue weighted by molar-refractivity contribution is -0.137.